The Balaban J connectivity index is 1.89. The maximum Gasteiger partial charge on any atom is 0.253 e. The number of hydrogen-bond donors (Lipinski definition) is 2. The van der Waals surface area contributed by atoms with E-state index in [-0.39, 0.29) is 22.5 Å². The molecule has 1 fully saturated rings. The minimum absolute atomic E-state index is 0.168. The number of carbonyl (C=O) groups excluding carboxylic acids is 1. The van der Waals surface area contributed by atoms with Crippen molar-refractivity contribution in [1.82, 2.24) is 10.6 Å². The Labute approximate surface area is 171 Å². The summed E-state index contributed by atoms with van der Waals surface area (Å²) >= 11 is 12.4. The summed E-state index contributed by atoms with van der Waals surface area (Å²) in [7, 11) is 0. The molecule has 1 aliphatic rings. The number of rotatable bonds is 5. The van der Waals surface area contributed by atoms with E-state index in [0.29, 0.717) is 16.5 Å². The van der Waals surface area contributed by atoms with Crippen LogP contribution >= 0.6 is 23.2 Å². The van der Waals surface area contributed by atoms with Crippen LogP contribution < -0.4 is 10.6 Å². The van der Waals surface area contributed by atoms with Crippen LogP contribution in [0.3, 0.4) is 0 Å². The largest absolute Gasteiger partial charge is 0.343 e. The van der Waals surface area contributed by atoms with Gasteiger partial charge in [-0.3, -0.25) is 4.79 Å². The van der Waals surface area contributed by atoms with E-state index in [0.717, 1.165) is 24.9 Å². The fourth-order valence-electron chi connectivity index (χ4n) is 3.81. The molecule has 0 bridgehead atoms. The summed E-state index contributed by atoms with van der Waals surface area (Å²) in [5.74, 6) is 0.476. The predicted octanol–water partition coefficient (Wildman–Crippen LogP) is 5.63. The summed E-state index contributed by atoms with van der Waals surface area (Å²) < 4.78 is 0. The predicted molar refractivity (Wildman–Crippen MR) is 113 cm³/mol. The van der Waals surface area contributed by atoms with Gasteiger partial charge >= 0.3 is 0 Å². The van der Waals surface area contributed by atoms with Gasteiger partial charge < -0.3 is 10.6 Å². The topological polar surface area (TPSA) is 41.1 Å². The molecule has 1 amide bonds. The van der Waals surface area contributed by atoms with Crippen molar-refractivity contribution in [2.45, 2.75) is 44.7 Å². The van der Waals surface area contributed by atoms with Crippen molar-refractivity contribution in [2.75, 3.05) is 6.54 Å². The number of halogens is 2. The molecule has 0 spiro atoms. The van der Waals surface area contributed by atoms with Gasteiger partial charge in [-0.1, -0.05) is 72.9 Å². The molecular formula is C22H26Cl2N2O. The van der Waals surface area contributed by atoms with E-state index in [1.807, 2.05) is 18.2 Å². The van der Waals surface area contributed by atoms with Crippen LogP contribution in [0.25, 0.3) is 0 Å². The quantitative estimate of drug-likeness (QED) is 0.677. The molecular weight excluding hydrogens is 379 g/mol. The van der Waals surface area contributed by atoms with Crippen molar-refractivity contribution in [3.8, 4) is 0 Å². The van der Waals surface area contributed by atoms with Gasteiger partial charge in [0.15, 0.2) is 0 Å². The highest BCUT2D eigenvalue weighted by atomic mass is 35.5. The van der Waals surface area contributed by atoms with Gasteiger partial charge in [0, 0.05) is 5.54 Å². The summed E-state index contributed by atoms with van der Waals surface area (Å²) in [5.41, 5.74) is 1.25. The number of carbonyl (C=O) groups is 1. The third-order valence-corrected chi connectivity index (χ3v) is 6.50. The molecule has 2 aromatic carbocycles. The van der Waals surface area contributed by atoms with Gasteiger partial charge in [-0.05, 0) is 49.9 Å². The minimum atomic E-state index is -0.228. The lowest BCUT2D eigenvalue weighted by molar-refractivity contribution is 0.0878. The number of piperidine rings is 1. The molecule has 3 rings (SSSR count). The van der Waals surface area contributed by atoms with Crippen LogP contribution in [0.1, 0.15) is 55.1 Å². The van der Waals surface area contributed by atoms with Crippen LogP contribution in [0.5, 0.6) is 0 Å². The van der Waals surface area contributed by atoms with E-state index in [1.165, 1.54) is 6.42 Å². The fourth-order valence-corrected chi connectivity index (χ4v) is 4.20. The second-order valence-corrected chi connectivity index (χ2v) is 8.32. The lowest BCUT2D eigenvalue weighted by atomic mass is 9.77. The number of hydrogen-bond acceptors (Lipinski definition) is 2. The van der Waals surface area contributed by atoms with Crippen LogP contribution in [0.4, 0.5) is 0 Å². The van der Waals surface area contributed by atoms with Crippen LogP contribution in [-0.4, -0.2) is 18.0 Å². The molecule has 144 valence electrons. The third-order valence-electron chi connectivity index (χ3n) is 5.69. The Kier molecular flexibility index (Phi) is 6.46. The van der Waals surface area contributed by atoms with Crippen LogP contribution in [-0.2, 0) is 0 Å². The van der Waals surface area contributed by atoms with Gasteiger partial charge in [-0.25, -0.2) is 0 Å². The second-order valence-electron chi connectivity index (χ2n) is 7.53. The van der Waals surface area contributed by atoms with E-state index >= 15 is 0 Å². The first kappa shape index (κ1) is 20.2. The van der Waals surface area contributed by atoms with Crippen molar-refractivity contribution in [2.24, 2.45) is 5.92 Å². The molecule has 2 aromatic rings. The molecule has 0 aliphatic carbocycles. The standard InChI is InChI=1S/C22H26Cl2N2O/c1-3-15-12-13-22(2,25-14-15)20(16-8-5-4-6-9-16)26-21(27)17-10-7-11-18(23)19(17)24/h4-11,15,20,25H,3,12-14H2,1-2H3,(H,26,27). The van der Waals surface area contributed by atoms with Gasteiger partial charge in [0.05, 0.1) is 21.7 Å². The molecule has 3 atom stereocenters. The normalized spacial score (nSPS) is 23.6. The highest BCUT2D eigenvalue weighted by molar-refractivity contribution is 6.43. The van der Waals surface area contributed by atoms with Crippen molar-refractivity contribution >= 4 is 29.1 Å². The highest BCUT2D eigenvalue weighted by Gasteiger charge is 2.39. The zero-order valence-corrected chi connectivity index (χ0v) is 17.3. The SMILES string of the molecule is CCC1CCC(C)(C(NC(=O)c2cccc(Cl)c2Cl)c2ccccc2)NC1. The maximum atomic E-state index is 13.0. The zero-order valence-electron chi connectivity index (χ0n) is 15.8. The molecule has 1 heterocycles. The molecule has 1 aliphatic heterocycles. The summed E-state index contributed by atoms with van der Waals surface area (Å²) in [6.45, 7) is 5.38. The van der Waals surface area contributed by atoms with E-state index < -0.39 is 0 Å². The first-order valence-corrected chi connectivity index (χ1v) is 10.2. The first-order chi connectivity index (χ1) is 12.9. The zero-order chi connectivity index (χ0) is 19.4. The van der Waals surface area contributed by atoms with Crippen molar-refractivity contribution in [3.05, 3.63) is 69.7 Å². The summed E-state index contributed by atoms with van der Waals surface area (Å²) in [4.78, 5) is 13.0. The highest BCUT2D eigenvalue weighted by Crippen LogP contribution is 2.35. The molecule has 2 N–H and O–H groups in total. The fraction of sp³-hybridized carbons (Fsp3) is 0.409. The van der Waals surface area contributed by atoms with Crippen LogP contribution in [0.15, 0.2) is 48.5 Å². The summed E-state index contributed by atoms with van der Waals surface area (Å²) in [6, 6.07) is 15.1. The molecule has 27 heavy (non-hydrogen) atoms. The van der Waals surface area contributed by atoms with Gasteiger partial charge in [-0.2, -0.15) is 0 Å². The van der Waals surface area contributed by atoms with Gasteiger partial charge in [-0.15, -0.1) is 0 Å². The van der Waals surface area contributed by atoms with E-state index in [9.17, 15) is 4.79 Å². The maximum absolute atomic E-state index is 13.0. The Morgan fingerprint density at radius 3 is 2.59 bits per heavy atom. The molecule has 3 nitrogen and oxygen atoms in total. The Bertz CT molecular complexity index is 786. The second kappa shape index (κ2) is 8.64. The summed E-state index contributed by atoms with van der Waals surface area (Å²) in [5, 5.41) is 7.59. The van der Waals surface area contributed by atoms with Crippen molar-refractivity contribution in [3.63, 3.8) is 0 Å². The first-order valence-electron chi connectivity index (χ1n) is 9.49. The van der Waals surface area contributed by atoms with E-state index in [2.05, 4.69) is 36.6 Å². The van der Waals surface area contributed by atoms with Crippen LogP contribution in [0.2, 0.25) is 10.0 Å². The minimum Gasteiger partial charge on any atom is -0.343 e. The molecule has 3 unspecified atom stereocenters. The molecule has 0 radical (unpaired) electrons. The molecule has 1 saturated heterocycles. The molecule has 5 heteroatoms. The molecule has 0 saturated carbocycles. The number of benzene rings is 2. The third kappa shape index (κ3) is 4.48. The lowest BCUT2D eigenvalue weighted by Crippen LogP contribution is -2.57. The molecule has 0 aromatic heterocycles. The van der Waals surface area contributed by atoms with Crippen molar-refractivity contribution in [1.29, 1.82) is 0 Å². The van der Waals surface area contributed by atoms with Gasteiger partial charge in [0.1, 0.15) is 0 Å². The number of amides is 1. The Morgan fingerprint density at radius 2 is 1.96 bits per heavy atom. The van der Waals surface area contributed by atoms with Gasteiger partial charge in [0.25, 0.3) is 5.91 Å². The summed E-state index contributed by atoms with van der Waals surface area (Å²) in [6.07, 6.45) is 3.31. The average Bonchev–Trinajstić information content (AvgIpc) is 2.69. The Hall–Kier alpha value is -1.55. The lowest BCUT2D eigenvalue weighted by Gasteiger charge is -2.44. The van der Waals surface area contributed by atoms with E-state index in [4.69, 9.17) is 23.2 Å². The Morgan fingerprint density at radius 1 is 1.22 bits per heavy atom. The van der Waals surface area contributed by atoms with Crippen molar-refractivity contribution < 1.29 is 4.79 Å². The average molecular weight is 405 g/mol. The van der Waals surface area contributed by atoms with E-state index in [1.54, 1.807) is 18.2 Å². The van der Waals surface area contributed by atoms with Crippen LogP contribution in [0, 0.1) is 5.92 Å². The van der Waals surface area contributed by atoms with Gasteiger partial charge in [0.2, 0.25) is 0 Å². The smallest absolute Gasteiger partial charge is 0.253 e. The number of nitrogens with one attached hydrogen (secondary N) is 2. The monoisotopic (exact) mass is 404 g/mol.